The van der Waals surface area contributed by atoms with E-state index in [9.17, 15) is 0 Å². The van der Waals surface area contributed by atoms with E-state index in [2.05, 4.69) is 51.9 Å². The quantitative estimate of drug-likeness (QED) is 0.444. The normalized spacial score (nSPS) is 16.3. The molecule has 7 nitrogen and oxygen atoms in total. The molecule has 1 aliphatic heterocycles. The summed E-state index contributed by atoms with van der Waals surface area (Å²) in [5.41, 5.74) is 1.32. The van der Waals surface area contributed by atoms with E-state index in [0.717, 1.165) is 68.6 Å². The SMILES string of the molecule is CCc1nc2n(n1)CC(NC(=NCCc1ccco1)NCCc1ccccc1)CC2. The highest BCUT2D eigenvalue weighted by Crippen LogP contribution is 2.13. The van der Waals surface area contributed by atoms with Gasteiger partial charge in [-0.15, -0.1) is 0 Å². The van der Waals surface area contributed by atoms with Crippen molar-refractivity contribution in [1.82, 2.24) is 25.4 Å². The maximum absolute atomic E-state index is 5.43. The number of guanidine groups is 1. The number of furan rings is 1. The summed E-state index contributed by atoms with van der Waals surface area (Å²) in [4.78, 5) is 9.40. The molecular weight excluding hydrogens is 376 g/mol. The number of hydrogen-bond donors (Lipinski definition) is 2. The molecule has 0 fully saturated rings. The molecule has 0 saturated heterocycles. The van der Waals surface area contributed by atoms with E-state index in [4.69, 9.17) is 9.41 Å². The molecule has 30 heavy (non-hydrogen) atoms. The van der Waals surface area contributed by atoms with Crippen LogP contribution < -0.4 is 10.6 Å². The predicted molar refractivity (Wildman–Crippen MR) is 118 cm³/mol. The third-order valence-corrected chi connectivity index (χ3v) is 5.32. The molecule has 3 heterocycles. The zero-order chi connectivity index (χ0) is 20.6. The molecule has 4 rings (SSSR count). The molecule has 0 amide bonds. The summed E-state index contributed by atoms with van der Waals surface area (Å²) in [7, 11) is 0. The highest BCUT2D eigenvalue weighted by Gasteiger charge is 2.22. The highest BCUT2D eigenvalue weighted by atomic mass is 16.3. The Morgan fingerprint density at radius 1 is 1.20 bits per heavy atom. The lowest BCUT2D eigenvalue weighted by Gasteiger charge is -2.25. The summed E-state index contributed by atoms with van der Waals surface area (Å²) >= 11 is 0. The van der Waals surface area contributed by atoms with Crippen LogP contribution in [0.5, 0.6) is 0 Å². The Labute approximate surface area is 177 Å². The molecular formula is C23H30N6O. The molecule has 0 spiro atoms. The Kier molecular flexibility index (Phi) is 6.79. The number of benzene rings is 1. The van der Waals surface area contributed by atoms with Crippen LogP contribution in [0.15, 0.2) is 58.1 Å². The van der Waals surface area contributed by atoms with Gasteiger partial charge in [0.2, 0.25) is 0 Å². The fraction of sp³-hybridized carbons (Fsp3) is 0.435. The van der Waals surface area contributed by atoms with Gasteiger partial charge in [-0.1, -0.05) is 37.3 Å². The van der Waals surface area contributed by atoms with Gasteiger partial charge in [0.25, 0.3) is 0 Å². The number of aromatic nitrogens is 3. The van der Waals surface area contributed by atoms with E-state index < -0.39 is 0 Å². The monoisotopic (exact) mass is 406 g/mol. The first-order valence-corrected chi connectivity index (χ1v) is 10.8. The van der Waals surface area contributed by atoms with Crippen molar-refractivity contribution in [2.24, 2.45) is 4.99 Å². The molecule has 1 unspecified atom stereocenters. The molecule has 0 saturated carbocycles. The van der Waals surface area contributed by atoms with Crippen molar-refractivity contribution in [3.8, 4) is 0 Å². The van der Waals surface area contributed by atoms with Crippen LogP contribution in [-0.4, -0.2) is 39.9 Å². The third kappa shape index (κ3) is 5.49. The van der Waals surface area contributed by atoms with Crippen LogP contribution in [0.2, 0.25) is 0 Å². The highest BCUT2D eigenvalue weighted by molar-refractivity contribution is 5.80. The molecule has 1 aromatic carbocycles. The third-order valence-electron chi connectivity index (χ3n) is 5.32. The predicted octanol–water partition coefficient (Wildman–Crippen LogP) is 2.77. The second-order valence-electron chi connectivity index (χ2n) is 7.58. The Bertz CT molecular complexity index is 932. The zero-order valence-corrected chi connectivity index (χ0v) is 17.6. The van der Waals surface area contributed by atoms with Crippen molar-refractivity contribution in [1.29, 1.82) is 0 Å². The Balaban J connectivity index is 1.36. The van der Waals surface area contributed by atoms with E-state index in [0.29, 0.717) is 6.54 Å². The van der Waals surface area contributed by atoms with Gasteiger partial charge in [0, 0.05) is 38.4 Å². The molecule has 0 aliphatic carbocycles. The second kappa shape index (κ2) is 10.1. The van der Waals surface area contributed by atoms with Crippen molar-refractivity contribution < 1.29 is 4.42 Å². The molecule has 3 aromatic rings. The van der Waals surface area contributed by atoms with Gasteiger partial charge in [0.05, 0.1) is 12.8 Å². The van der Waals surface area contributed by atoms with Crippen LogP contribution >= 0.6 is 0 Å². The summed E-state index contributed by atoms with van der Waals surface area (Å²) in [6.07, 6.45) is 6.29. The number of hydrogen-bond acceptors (Lipinski definition) is 4. The number of aliphatic imine (C=N–C) groups is 1. The van der Waals surface area contributed by atoms with Gasteiger partial charge in [0.15, 0.2) is 11.8 Å². The number of nitrogens with one attached hydrogen (secondary N) is 2. The van der Waals surface area contributed by atoms with E-state index in [1.165, 1.54) is 5.56 Å². The lowest BCUT2D eigenvalue weighted by atomic mass is 10.1. The van der Waals surface area contributed by atoms with Gasteiger partial charge in [-0.05, 0) is 30.5 Å². The number of nitrogens with zero attached hydrogens (tertiary/aromatic N) is 4. The van der Waals surface area contributed by atoms with Crippen LogP contribution in [0.25, 0.3) is 0 Å². The molecule has 0 radical (unpaired) electrons. The number of aryl methyl sites for hydroxylation is 2. The minimum absolute atomic E-state index is 0.287. The molecule has 1 atom stereocenters. The standard InChI is InChI=1S/C23H30N6O/c1-2-21-27-22-11-10-19(17-29(22)28-21)26-23(25-15-13-20-9-6-16-30-20)24-14-12-18-7-4-3-5-8-18/h3-9,16,19H,2,10-15,17H2,1H3,(H2,24,25,26). The van der Waals surface area contributed by atoms with Crippen molar-refractivity contribution in [2.75, 3.05) is 13.1 Å². The maximum atomic E-state index is 5.43. The van der Waals surface area contributed by atoms with Crippen molar-refractivity contribution >= 4 is 5.96 Å². The first kappa shape index (κ1) is 20.2. The van der Waals surface area contributed by atoms with E-state index in [1.807, 2.05) is 22.9 Å². The Hall–Kier alpha value is -3.09. The maximum Gasteiger partial charge on any atom is 0.191 e. The van der Waals surface area contributed by atoms with Gasteiger partial charge in [-0.25, -0.2) is 9.67 Å². The molecule has 158 valence electrons. The lowest BCUT2D eigenvalue weighted by Crippen LogP contribution is -2.47. The topological polar surface area (TPSA) is 80.3 Å². The second-order valence-corrected chi connectivity index (χ2v) is 7.58. The average molecular weight is 407 g/mol. The molecule has 2 aromatic heterocycles. The van der Waals surface area contributed by atoms with Gasteiger partial charge < -0.3 is 15.1 Å². The number of fused-ring (bicyclic) bond motifs is 1. The van der Waals surface area contributed by atoms with Crippen molar-refractivity contribution in [3.63, 3.8) is 0 Å². The first-order chi connectivity index (χ1) is 14.8. The average Bonchev–Trinajstić information content (AvgIpc) is 3.43. The summed E-state index contributed by atoms with van der Waals surface area (Å²) in [6.45, 7) is 4.42. The van der Waals surface area contributed by atoms with Gasteiger partial charge in [-0.3, -0.25) is 4.99 Å². The minimum Gasteiger partial charge on any atom is -0.469 e. The minimum atomic E-state index is 0.287. The largest absolute Gasteiger partial charge is 0.469 e. The van der Waals surface area contributed by atoms with Gasteiger partial charge in [0.1, 0.15) is 11.6 Å². The summed E-state index contributed by atoms with van der Waals surface area (Å²) in [6, 6.07) is 14.7. The molecule has 7 heteroatoms. The smallest absolute Gasteiger partial charge is 0.191 e. The summed E-state index contributed by atoms with van der Waals surface area (Å²) < 4.78 is 7.47. The van der Waals surface area contributed by atoms with Gasteiger partial charge in [-0.2, -0.15) is 5.10 Å². The fourth-order valence-corrected chi connectivity index (χ4v) is 3.68. The lowest BCUT2D eigenvalue weighted by molar-refractivity contribution is 0.392. The Morgan fingerprint density at radius 3 is 2.90 bits per heavy atom. The Morgan fingerprint density at radius 2 is 2.10 bits per heavy atom. The summed E-state index contributed by atoms with van der Waals surface area (Å²) in [5.74, 6) is 3.83. The molecule has 2 N–H and O–H groups in total. The van der Waals surface area contributed by atoms with E-state index >= 15 is 0 Å². The zero-order valence-electron chi connectivity index (χ0n) is 17.6. The van der Waals surface area contributed by atoms with Gasteiger partial charge >= 0.3 is 0 Å². The molecule has 1 aliphatic rings. The van der Waals surface area contributed by atoms with Crippen LogP contribution in [0.3, 0.4) is 0 Å². The van der Waals surface area contributed by atoms with Crippen LogP contribution in [0, 0.1) is 0 Å². The number of rotatable bonds is 8. The van der Waals surface area contributed by atoms with Crippen LogP contribution in [0.4, 0.5) is 0 Å². The fourth-order valence-electron chi connectivity index (χ4n) is 3.68. The molecule has 0 bridgehead atoms. The van der Waals surface area contributed by atoms with Crippen LogP contribution in [-0.2, 0) is 32.2 Å². The van der Waals surface area contributed by atoms with E-state index in [-0.39, 0.29) is 6.04 Å². The van der Waals surface area contributed by atoms with Crippen molar-refractivity contribution in [2.45, 2.75) is 51.6 Å². The first-order valence-electron chi connectivity index (χ1n) is 10.8. The van der Waals surface area contributed by atoms with Crippen molar-refractivity contribution in [3.05, 3.63) is 71.7 Å². The summed E-state index contributed by atoms with van der Waals surface area (Å²) in [5, 5.41) is 11.7. The van der Waals surface area contributed by atoms with Crippen LogP contribution in [0.1, 0.15) is 36.3 Å². The van der Waals surface area contributed by atoms with E-state index in [1.54, 1.807) is 6.26 Å².